The second-order valence-electron chi connectivity index (χ2n) is 5.06. The Morgan fingerprint density at radius 1 is 1.50 bits per heavy atom. The highest BCUT2D eigenvalue weighted by atomic mass is 14.5. The Morgan fingerprint density at radius 2 is 2.14 bits per heavy atom. The second kappa shape index (κ2) is 4.64. The summed E-state index contributed by atoms with van der Waals surface area (Å²) in [7, 11) is 0. The summed E-state index contributed by atoms with van der Waals surface area (Å²) in [4.78, 5) is 0. The van der Waals surface area contributed by atoms with Crippen LogP contribution in [0.15, 0.2) is 11.6 Å². The zero-order valence-electron chi connectivity index (χ0n) is 9.64. The number of rotatable bonds is 5. The molecule has 0 aromatic rings. The van der Waals surface area contributed by atoms with Crippen molar-refractivity contribution in [2.45, 2.75) is 52.9 Å². The summed E-state index contributed by atoms with van der Waals surface area (Å²) in [5.41, 5.74) is 1.47. The number of hydrogen-bond donors (Lipinski definition) is 0. The van der Waals surface area contributed by atoms with Crippen LogP contribution in [0, 0.1) is 22.7 Å². The highest BCUT2D eigenvalue weighted by Gasteiger charge is 2.43. The van der Waals surface area contributed by atoms with Crippen molar-refractivity contribution in [3.63, 3.8) is 0 Å². The number of unbranched alkanes of at least 4 members (excludes halogenated alkanes) is 2. The molecule has 1 atom stereocenters. The van der Waals surface area contributed by atoms with Crippen LogP contribution >= 0.6 is 0 Å². The van der Waals surface area contributed by atoms with E-state index in [4.69, 9.17) is 5.26 Å². The molecule has 1 aliphatic rings. The van der Waals surface area contributed by atoms with Crippen LogP contribution in [0.3, 0.4) is 0 Å². The Labute approximate surface area is 87.8 Å². The SMILES string of the molecule is CCCCC/C(C#N)=C/C1CC1(C)C. The van der Waals surface area contributed by atoms with Gasteiger partial charge in [0.1, 0.15) is 0 Å². The van der Waals surface area contributed by atoms with Crippen molar-refractivity contribution in [2.75, 3.05) is 0 Å². The third kappa shape index (κ3) is 3.18. The smallest absolute Gasteiger partial charge is 0.0943 e. The molecule has 0 aromatic heterocycles. The Balaban J connectivity index is 2.36. The Hall–Kier alpha value is -0.770. The standard InChI is InChI=1S/C13H21N/c1-4-5-6-7-11(10-14)8-12-9-13(12,2)3/h8,12H,4-7,9H2,1-3H3/b11-8-. The quantitative estimate of drug-likeness (QED) is 0.475. The van der Waals surface area contributed by atoms with Crippen molar-refractivity contribution < 1.29 is 0 Å². The van der Waals surface area contributed by atoms with E-state index in [1.165, 1.54) is 25.7 Å². The van der Waals surface area contributed by atoms with Crippen LogP contribution in [-0.4, -0.2) is 0 Å². The molecule has 0 radical (unpaired) electrons. The topological polar surface area (TPSA) is 23.8 Å². The molecule has 1 fully saturated rings. The molecule has 1 heteroatoms. The summed E-state index contributed by atoms with van der Waals surface area (Å²) in [6.45, 7) is 6.74. The molecule has 0 heterocycles. The minimum absolute atomic E-state index is 0.465. The summed E-state index contributed by atoms with van der Waals surface area (Å²) in [5, 5.41) is 8.95. The predicted molar refractivity (Wildman–Crippen MR) is 59.7 cm³/mol. The molecule has 0 saturated heterocycles. The van der Waals surface area contributed by atoms with Gasteiger partial charge in [-0.25, -0.2) is 0 Å². The number of nitrogens with zero attached hydrogens (tertiary/aromatic N) is 1. The van der Waals surface area contributed by atoms with Gasteiger partial charge in [-0.1, -0.05) is 39.7 Å². The van der Waals surface area contributed by atoms with Crippen LogP contribution in [0.5, 0.6) is 0 Å². The van der Waals surface area contributed by atoms with Gasteiger partial charge < -0.3 is 0 Å². The first kappa shape index (κ1) is 11.3. The lowest BCUT2D eigenvalue weighted by Gasteiger charge is -2.00. The Kier molecular flexibility index (Phi) is 3.75. The van der Waals surface area contributed by atoms with E-state index >= 15 is 0 Å². The van der Waals surface area contributed by atoms with Crippen LogP contribution in [-0.2, 0) is 0 Å². The monoisotopic (exact) mass is 191 g/mol. The minimum atomic E-state index is 0.465. The molecule has 0 spiro atoms. The average molecular weight is 191 g/mol. The van der Waals surface area contributed by atoms with Gasteiger partial charge in [0, 0.05) is 5.57 Å². The van der Waals surface area contributed by atoms with Gasteiger partial charge in [-0.3, -0.25) is 0 Å². The third-order valence-corrected chi connectivity index (χ3v) is 3.19. The number of allylic oxidation sites excluding steroid dienone is 2. The van der Waals surface area contributed by atoms with Crippen molar-refractivity contribution in [1.82, 2.24) is 0 Å². The van der Waals surface area contributed by atoms with Crippen LogP contribution in [0.2, 0.25) is 0 Å². The normalized spacial score (nSPS) is 24.4. The molecule has 1 saturated carbocycles. The summed E-state index contributed by atoms with van der Waals surface area (Å²) < 4.78 is 0. The molecule has 78 valence electrons. The third-order valence-electron chi connectivity index (χ3n) is 3.19. The van der Waals surface area contributed by atoms with Crippen LogP contribution in [0.4, 0.5) is 0 Å². The first-order valence-electron chi connectivity index (χ1n) is 5.71. The average Bonchev–Trinajstić information content (AvgIpc) is 2.72. The maximum Gasteiger partial charge on any atom is 0.0943 e. The van der Waals surface area contributed by atoms with E-state index in [2.05, 4.69) is 32.9 Å². The molecular weight excluding hydrogens is 170 g/mol. The molecule has 0 amide bonds. The van der Waals surface area contributed by atoms with Gasteiger partial charge in [-0.15, -0.1) is 0 Å². The Morgan fingerprint density at radius 3 is 2.57 bits per heavy atom. The lowest BCUT2D eigenvalue weighted by molar-refractivity contribution is 0.607. The summed E-state index contributed by atoms with van der Waals surface area (Å²) in [6.07, 6.45) is 8.09. The van der Waals surface area contributed by atoms with Crippen LogP contribution < -0.4 is 0 Å². The summed E-state index contributed by atoms with van der Waals surface area (Å²) >= 11 is 0. The lowest BCUT2D eigenvalue weighted by atomic mass is 10.0. The summed E-state index contributed by atoms with van der Waals surface area (Å²) in [6, 6.07) is 2.33. The van der Waals surface area contributed by atoms with E-state index in [-0.39, 0.29) is 0 Å². The lowest BCUT2D eigenvalue weighted by Crippen LogP contribution is -1.89. The molecule has 0 N–H and O–H groups in total. The van der Waals surface area contributed by atoms with Crippen LogP contribution in [0.1, 0.15) is 52.9 Å². The second-order valence-corrected chi connectivity index (χ2v) is 5.06. The van der Waals surface area contributed by atoms with E-state index in [9.17, 15) is 0 Å². The van der Waals surface area contributed by atoms with Crippen molar-refractivity contribution in [3.05, 3.63) is 11.6 Å². The molecule has 1 nitrogen and oxygen atoms in total. The first-order chi connectivity index (χ1) is 6.60. The summed E-state index contributed by atoms with van der Waals surface area (Å²) in [5.74, 6) is 0.666. The maximum absolute atomic E-state index is 8.95. The van der Waals surface area contributed by atoms with Gasteiger partial charge in [0.15, 0.2) is 0 Å². The molecule has 1 aliphatic carbocycles. The van der Waals surface area contributed by atoms with E-state index in [0.717, 1.165) is 12.0 Å². The van der Waals surface area contributed by atoms with Crippen molar-refractivity contribution in [1.29, 1.82) is 5.26 Å². The van der Waals surface area contributed by atoms with E-state index in [1.807, 2.05) is 0 Å². The molecule has 0 aromatic carbocycles. The fourth-order valence-corrected chi connectivity index (χ4v) is 1.78. The first-order valence-corrected chi connectivity index (χ1v) is 5.71. The molecule has 0 aliphatic heterocycles. The molecule has 1 unspecified atom stereocenters. The fourth-order valence-electron chi connectivity index (χ4n) is 1.78. The van der Waals surface area contributed by atoms with Gasteiger partial charge in [-0.05, 0) is 30.6 Å². The van der Waals surface area contributed by atoms with Gasteiger partial charge >= 0.3 is 0 Å². The largest absolute Gasteiger partial charge is 0.193 e. The molecule has 14 heavy (non-hydrogen) atoms. The molecule has 0 bridgehead atoms. The number of nitriles is 1. The van der Waals surface area contributed by atoms with Crippen LogP contribution in [0.25, 0.3) is 0 Å². The van der Waals surface area contributed by atoms with Crippen molar-refractivity contribution in [2.24, 2.45) is 11.3 Å². The highest BCUT2D eigenvalue weighted by molar-refractivity contribution is 5.25. The van der Waals surface area contributed by atoms with E-state index in [0.29, 0.717) is 11.3 Å². The van der Waals surface area contributed by atoms with Gasteiger partial charge in [0.2, 0.25) is 0 Å². The van der Waals surface area contributed by atoms with E-state index < -0.39 is 0 Å². The predicted octanol–water partition coefficient (Wildman–Crippen LogP) is 4.06. The highest BCUT2D eigenvalue weighted by Crippen LogP contribution is 2.52. The van der Waals surface area contributed by atoms with Gasteiger partial charge in [0.05, 0.1) is 6.07 Å². The van der Waals surface area contributed by atoms with Crippen molar-refractivity contribution >= 4 is 0 Å². The minimum Gasteiger partial charge on any atom is -0.193 e. The fraction of sp³-hybridized carbons (Fsp3) is 0.769. The zero-order valence-corrected chi connectivity index (χ0v) is 9.64. The maximum atomic E-state index is 8.95. The zero-order chi connectivity index (χ0) is 10.6. The van der Waals surface area contributed by atoms with E-state index in [1.54, 1.807) is 0 Å². The van der Waals surface area contributed by atoms with Gasteiger partial charge in [-0.2, -0.15) is 5.26 Å². The molecular formula is C13H21N. The van der Waals surface area contributed by atoms with Gasteiger partial charge in [0.25, 0.3) is 0 Å². The van der Waals surface area contributed by atoms with Crippen molar-refractivity contribution in [3.8, 4) is 6.07 Å². The number of hydrogen-bond acceptors (Lipinski definition) is 1. The molecule has 1 rings (SSSR count). The Bertz CT molecular complexity index is 255.